The van der Waals surface area contributed by atoms with Crippen molar-refractivity contribution in [1.29, 1.82) is 0 Å². The summed E-state index contributed by atoms with van der Waals surface area (Å²) in [5.74, 6) is -0.582. The summed E-state index contributed by atoms with van der Waals surface area (Å²) in [6, 6.07) is 18.6. The fraction of sp³-hybridized carbons (Fsp3) is 0.333. The summed E-state index contributed by atoms with van der Waals surface area (Å²) in [5, 5.41) is 3.52. The average Bonchev–Trinajstić information content (AvgIpc) is 2.97. The topological polar surface area (TPSA) is 96.0 Å². The quantitative estimate of drug-likeness (QED) is 0.242. The van der Waals surface area contributed by atoms with E-state index in [9.17, 15) is 18.0 Å². The van der Waals surface area contributed by atoms with Crippen molar-refractivity contribution in [2.45, 2.75) is 51.1 Å². The minimum absolute atomic E-state index is 0.0140. The molecule has 0 fully saturated rings. The number of nitrogens with zero attached hydrogens (tertiary/aromatic N) is 2. The summed E-state index contributed by atoms with van der Waals surface area (Å²) < 4.78 is 34.8. The fourth-order valence-corrected chi connectivity index (χ4v) is 6.06. The van der Waals surface area contributed by atoms with E-state index >= 15 is 0 Å². The Morgan fingerprint density at radius 3 is 2.24 bits per heavy atom. The summed E-state index contributed by atoms with van der Waals surface area (Å²) in [6.45, 7) is 5.71. The molecule has 0 spiro atoms. The molecule has 3 rings (SSSR count). The maximum absolute atomic E-state index is 14.1. The predicted octanol–water partition coefficient (Wildman–Crippen LogP) is 5.92. The largest absolute Gasteiger partial charge is 0.492 e. The van der Waals surface area contributed by atoms with Gasteiger partial charge in [-0.1, -0.05) is 73.4 Å². The Balaban J connectivity index is 2.10. The van der Waals surface area contributed by atoms with Gasteiger partial charge in [0.1, 0.15) is 18.3 Å². The van der Waals surface area contributed by atoms with Crippen LogP contribution in [0.5, 0.6) is 5.75 Å². The van der Waals surface area contributed by atoms with E-state index in [4.69, 9.17) is 27.9 Å². The highest BCUT2D eigenvalue weighted by atomic mass is 35.5. The number of anilines is 1. The van der Waals surface area contributed by atoms with Crippen molar-refractivity contribution in [3.63, 3.8) is 0 Å². The monoisotopic (exact) mass is 619 g/mol. The van der Waals surface area contributed by atoms with Crippen LogP contribution in [0, 0.1) is 0 Å². The van der Waals surface area contributed by atoms with Crippen LogP contribution in [0.15, 0.2) is 77.7 Å². The SMILES string of the molecule is CCCNC(=O)[C@H](CC)N(Cc1ccc(Cl)c(Cl)c1)C(=O)CN(c1ccccc1OCC)S(=O)(=O)c1ccccc1. The molecule has 0 aliphatic rings. The van der Waals surface area contributed by atoms with Gasteiger partial charge in [0.25, 0.3) is 10.0 Å². The minimum Gasteiger partial charge on any atom is -0.492 e. The van der Waals surface area contributed by atoms with Gasteiger partial charge in [-0.05, 0) is 61.7 Å². The molecule has 3 aromatic carbocycles. The first kappa shape index (κ1) is 32.2. The van der Waals surface area contributed by atoms with E-state index in [-0.39, 0.29) is 23.0 Å². The van der Waals surface area contributed by atoms with Gasteiger partial charge in [0.15, 0.2) is 0 Å². The molecule has 1 atom stereocenters. The number of halogens is 2. The van der Waals surface area contributed by atoms with Crippen molar-refractivity contribution in [3.05, 3.63) is 88.4 Å². The van der Waals surface area contributed by atoms with Crippen LogP contribution in [0.3, 0.4) is 0 Å². The number of carbonyl (C=O) groups excluding carboxylic acids is 2. The molecule has 2 amide bonds. The zero-order valence-corrected chi connectivity index (χ0v) is 25.7. The summed E-state index contributed by atoms with van der Waals surface area (Å²) in [6.07, 6.45) is 1.03. The van der Waals surface area contributed by atoms with Crippen LogP contribution in [-0.2, 0) is 26.2 Å². The third-order valence-electron chi connectivity index (χ3n) is 6.32. The van der Waals surface area contributed by atoms with Gasteiger partial charge >= 0.3 is 0 Å². The maximum atomic E-state index is 14.1. The van der Waals surface area contributed by atoms with E-state index in [0.717, 1.165) is 10.7 Å². The van der Waals surface area contributed by atoms with Gasteiger partial charge in [-0.25, -0.2) is 8.42 Å². The molecule has 11 heteroatoms. The molecule has 0 aliphatic heterocycles. The van der Waals surface area contributed by atoms with Crippen LogP contribution in [0.1, 0.15) is 39.2 Å². The fourth-order valence-electron chi connectivity index (χ4n) is 4.29. The highest BCUT2D eigenvalue weighted by Gasteiger charge is 2.34. The predicted molar refractivity (Wildman–Crippen MR) is 163 cm³/mol. The standard InChI is InChI=1S/C30H35Cl2N3O5S/c1-4-18-33-30(37)26(5-2)34(20-22-16-17-24(31)25(32)19-22)29(36)21-35(27-14-10-11-15-28(27)40-6-3)41(38,39)23-12-8-7-9-13-23/h7-17,19,26H,4-6,18,20-21H2,1-3H3,(H,33,37)/t26-/m0/s1. The number of nitrogens with one attached hydrogen (secondary N) is 1. The lowest BCUT2D eigenvalue weighted by Crippen LogP contribution is -2.52. The summed E-state index contributed by atoms with van der Waals surface area (Å²) in [7, 11) is -4.21. The highest BCUT2D eigenvalue weighted by Crippen LogP contribution is 2.33. The van der Waals surface area contributed by atoms with Gasteiger partial charge in [-0.15, -0.1) is 0 Å². The molecule has 8 nitrogen and oxygen atoms in total. The molecule has 0 unspecified atom stereocenters. The van der Waals surface area contributed by atoms with Crippen molar-refractivity contribution >= 4 is 50.7 Å². The van der Waals surface area contributed by atoms with Crippen LogP contribution >= 0.6 is 23.2 Å². The molecule has 3 aromatic rings. The second-order valence-corrected chi connectivity index (χ2v) is 11.9. The van der Waals surface area contributed by atoms with Crippen LogP contribution in [0.2, 0.25) is 10.0 Å². The number of ether oxygens (including phenoxy) is 1. The van der Waals surface area contributed by atoms with Crippen molar-refractivity contribution in [2.75, 3.05) is 24.0 Å². The molecule has 41 heavy (non-hydrogen) atoms. The molecule has 0 radical (unpaired) electrons. The number of sulfonamides is 1. The minimum atomic E-state index is -4.21. The summed E-state index contributed by atoms with van der Waals surface area (Å²) in [4.78, 5) is 28.8. The smallest absolute Gasteiger partial charge is 0.264 e. The van der Waals surface area contributed by atoms with Crippen molar-refractivity contribution in [2.24, 2.45) is 0 Å². The molecule has 0 aromatic heterocycles. The van der Waals surface area contributed by atoms with Gasteiger partial charge in [0.05, 0.1) is 27.2 Å². The molecule has 0 bridgehead atoms. The first-order chi connectivity index (χ1) is 19.6. The molecule has 220 valence electrons. The summed E-state index contributed by atoms with van der Waals surface area (Å²) in [5.41, 5.74) is 0.853. The first-order valence-electron chi connectivity index (χ1n) is 13.4. The molecule has 0 aliphatic carbocycles. The van der Waals surface area contributed by atoms with Gasteiger partial charge in [-0.2, -0.15) is 0 Å². The Morgan fingerprint density at radius 1 is 0.927 bits per heavy atom. The van der Waals surface area contributed by atoms with E-state index in [1.807, 2.05) is 6.92 Å². The maximum Gasteiger partial charge on any atom is 0.264 e. The number of amides is 2. The van der Waals surface area contributed by atoms with Crippen LogP contribution in [0.4, 0.5) is 5.69 Å². The van der Waals surface area contributed by atoms with Crippen LogP contribution < -0.4 is 14.4 Å². The van der Waals surface area contributed by atoms with Gasteiger partial charge in [-0.3, -0.25) is 13.9 Å². The van der Waals surface area contributed by atoms with Crippen molar-refractivity contribution < 1.29 is 22.7 Å². The normalized spacial score (nSPS) is 11.9. The lowest BCUT2D eigenvalue weighted by molar-refractivity contribution is -0.140. The number of hydrogen-bond acceptors (Lipinski definition) is 5. The third kappa shape index (κ3) is 8.15. The lowest BCUT2D eigenvalue weighted by atomic mass is 10.1. The number of hydrogen-bond donors (Lipinski definition) is 1. The zero-order chi connectivity index (χ0) is 30.0. The van der Waals surface area contributed by atoms with Crippen molar-refractivity contribution in [3.8, 4) is 5.75 Å². The summed E-state index contributed by atoms with van der Waals surface area (Å²) >= 11 is 12.3. The van der Waals surface area contributed by atoms with E-state index in [1.54, 1.807) is 74.5 Å². The lowest BCUT2D eigenvalue weighted by Gasteiger charge is -2.33. The second kappa shape index (κ2) is 15.1. The van der Waals surface area contributed by atoms with Crippen molar-refractivity contribution in [1.82, 2.24) is 10.2 Å². The molecule has 0 saturated heterocycles. The number of para-hydroxylation sites is 2. The second-order valence-electron chi connectivity index (χ2n) is 9.21. The molecule has 0 saturated carbocycles. The average molecular weight is 621 g/mol. The molecular weight excluding hydrogens is 585 g/mol. The Hall–Kier alpha value is -3.27. The Morgan fingerprint density at radius 2 is 1.61 bits per heavy atom. The number of rotatable bonds is 14. The van der Waals surface area contributed by atoms with E-state index in [1.165, 1.54) is 17.0 Å². The number of carbonyl (C=O) groups is 2. The van der Waals surface area contributed by atoms with Crippen LogP contribution in [-0.4, -0.2) is 50.9 Å². The molecule has 1 N–H and O–H groups in total. The molecule has 0 heterocycles. The number of benzene rings is 3. The van der Waals surface area contributed by atoms with Gasteiger partial charge < -0.3 is 15.0 Å². The Labute approximate surface area is 252 Å². The van der Waals surface area contributed by atoms with E-state index < -0.39 is 28.5 Å². The third-order valence-corrected chi connectivity index (χ3v) is 8.83. The van der Waals surface area contributed by atoms with E-state index in [0.29, 0.717) is 40.9 Å². The van der Waals surface area contributed by atoms with E-state index in [2.05, 4.69) is 5.32 Å². The van der Waals surface area contributed by atoms with Gasteiger partial charge in [0.2, 0.25) is 11.8 Å². The Bertz CT molecular complexity index is 1440. The van der Waals surface area contributed by atoms with Gasteiger partial charge in [0, 0.05) is 13.1 Å². The zero-order valence-electron chi connectivity index (χ0n) is 23.3. The highest BCUT2D eigenvalue weighted by molar-refractivity contribution is 7.92. The van der Waals surface area contributed by atoms with Crippen LogP contribution in [0.25, 0.3) is 0 Å². The first-order valence-corrected chi connectivity index (χ1v) is 15.6. The molecular formula is C30H35Cl2N3O5S. The Kier molecular flexibility index (Phi) is 11.9.